The number of likely N-dealkylation sites (N-methyl/N-ethyl adjacent to an activating group) is 1. The maximum Gasteiger partial charge on any atom is 0.161 e. The first kappa shape index (κ1) is 22.9. The minimum absolute atomic E-state index is 0. The summed E-state index contributed by atoms with van der Waals surface area (Å²) in [5.74, 6) is -0.401. The second-order valence-corrected chi connectivity index (χ2v) is 7.90. The van der Waals surface area contributed by atoms with Crippen LogP contribution in [-0.2, 0) is 7.05 Å². The van der Waals surface area contributed by atoms with Crippen LogP contribution in [0.15, 0.2) is 36.7 Å². The Bertz CT molecular complexity index is 1240. The Morgan fingerprint density at radius 2 is 2.03 bits per heavy atom. The van der Waals surface area contributed by atoms with Crippen molar-refractivity contribution in [1.29, 1.82) is 0 Å². The number of anilines is 1. The first-order valence-electron chi connectivity index (χ1n) is 9.86. The average molecular weight is 690 g/mol. The molecule has 0 saturated heterocycles. The molecular weight excluding hydrogens is 667 g/mol. The third kappa shape index (κ3) is 4.45. The van der Waals surface area contributed by atoms with E-state index in [0.29, 0.717) is 44.8 Å². The number of hydrogen-bond acceptors (Lipinski definition) is 5. The van der Waals surface area contributed by atoms with Crippen LogP contribution in [0.5, 0.6) is 0 Å². The predicted molar refractivity (Wildman–Crippen MR) is 124 cm³/mol. The fourth-order valence-electron chi connectivity index (χ4n) is 3.42. The Balaban J connectivity index is 0.00000289. The van der Waals surface area contributed by atoms with Crippen LogP contribution in [0, 0.1) is 26.3 Å². The van der Waals surface area contributed by atoms with E-state index in [1.165, 1.54) is 6.07 Å². The van der Waals surface area contributed by atoms with E-state index in [1.54, 1.807) is 30.2 Å². The van der Waals surface area contributed by atoms with Gasteiger partial charge in [0.05, 0.1) is 16.9 Å². The zero-order valence-electron chi connectivity index (χ0n) is 17.8. The van der Waals surface area contributed by atoms with Crippen molar-refractivity contribution >= 4 is 39.2 Å². The normalized spacial score (nSPS) is 11.3. The van der Waals surface area contributed by atoms with Crippen molar-refractivity contribution in [3.8, 4) is 11.3 Å². The summed E-state index contributed by atoms with van der Waals surface area (Å²) in [4.78, 5) is 13.0. The Hall–Kier alpha value is -3.77. The molecule has 3 heterocycles. The second-order valence-electron chi connectivity index (χ2n) is 7.49. The summed E-state index contributed by atoms with van der Waals surface area (Å²) in [6.45, 7) is 7.41. The molecule has 6 nitrogen and oxygen atoms in total. The summed E-state index contributed by atoms with van der Waals surface area (Å²) in [5.41, 5.74) is 2.82. The summed E-state index contributed by atoms with van der Waals surface area (Å²) in [6.07, 6.45) is 4.31. The van der Waals surface area contributed by atoms with E-state index >= 15 is 0 Å². The first-order valence-corrected chi connectivity index (χ1v) is 10.2. The van der Waals surface area contributed by atoms with Crippen molar-refractivity contribution in [1.82, 2.24) is 24.6 Å². The summed E-state index contributed by atoms with van der Waals surface area (Å²) < 4.78 is 16.1. The molecule has 0 unspecified atom stereocenters. The van der Waals surface area contributed by atoms with Gasteiger partial charge in [-0.2, -0.15) is 11.5 Å². The molecule has 0 saturated carbocycles. The molecule has 1 radical (unpaired) electrons. The van der Waals surface area contributed by atoms with E-state index in [4.69, 9.17) is 11.6 Å². The Morgan fingerprint density at radius 3 is 2.78 bits per heavy atom. The third-order valence-electron chi connectivity index (χ3n) is 5.06. The number of halogens is 2. The molecule has 9 heteroatoms. The molecule has 0 amide bonds. The Kier molecular flexibility index (Phi) is 6.55. The molecule has 0 bridgehead atoms. The summed E-state index contributed by atoms with van der Waals surface area (Å²) in [7, 11) is 7.85. The third-order valence-corrected chi connectivity index (χ3v) is 5.37. The standard InChI is InChI=1S/C23H23ClFN6.Es/c1-5-6-29(2)7-8-30(3)17-11-18-19(24)12-21(27-23(18)26-13-17)15-9-16-14-31(4)28-22(16)20(25)10-15;/h7,9-14H,1,3,5-6,8H2,2,4H3;/q-3;. The van der Waals surface area contributed by atoms with Crippen LogP contribution >= 0.6 is 11.6 Å². The van der Waals surface area contributed by atoms with Crippen LogP contribution in [0.1, 0.15) is 6.42 Å². The summed E-state index contributed by atoms with van der Waals surface area (Å²) in [5, 5.41) is 6.05. The summed E-state index contributed by atoms with van der Waals surface area (Å²) >= 11 is 6.57. The largest absolute Gasteiger partial charge is 0.547 e. The van der Waals surface area contributed by atoms with Crippen LogP contribution < -0.4 is 4.90 Å². The van der Waals surface area contributed by atoms with Crippen molar-refractivity contribution in [2.75, 3.05) is 25.0 Å². The van der Waals surface area contributed by atoms with Crippen molar-refractivity contribution in [2.24, 2.45) is 7.05 Å². The van der Waals surface area contributed by atoms with E-state index < -0.39 is 5.82 Å². The number of pyridine rings is 2. The van der Waals surface area contributed by atoms with Crippen molar-refractivity contribution in [2.45, 2.75) is 6.42 Å². The second kappa shape index (κ2) is 9.16. The van der Waals surface area contributed by atoms with Gasteiger partial charge in [0.1, 0.15) is 5.52 Å². The van der Waals surface area contributed by atoms with Gasteiger partial charge in [0.15, 0.2) is 11.5 Å². The first-order chi connectivity index (χ1) is 14.9. The van der Waals surface area contributed by atoms with Crippen molar-refractivity contribution in [3.63, 3.8) is 0 Å². The van der Waals surface area contributed by atoms with Gasteiger partial charge in [-0.05, 0) is 31.3 Å². The number of hydrogen-bond donors (Lipinski definition) is 0. The van der Waals surface area contributed by atoms with E-state index in [-0.39, 0.29) is 0 Å². The van der Waals surface area contributed by atoms with E-state index in [0.717, 1.165) is 18.7 Å². The van der Waals surface area contributed by atoms with Crippen LogP contribution in [0.2, 0.25) is 5.02 Å². The smallest absolute Gasteiger partial charge is 0.161 e. The molecule has 0 spiro atoms. The van der Waals surface area contributed by atoms with Gasteiger partial charge in [-0.3, -0.25) is 18.3 Å². The summed E-state index contributed by atoms with van der Waals surface area (Å²) in [6, 6.07) is 6.91. The number of nitrogens with zero attached hydrogens (tertiary/aromatic N) is 6. The zero-order chi connectivity index (χ0) is 22.1. The molecule has 0 fully saturated rings. The minimum Gasteiger partial charge on any atom is -0.547 e. The van der Waals surface area contributed by atoms with Crippen LogP contribution in [-0.4, -0.2) is 44.8 Å². The van der Waals surface area contributed by atoms with E-state index in [2.05, 4.69) is 40.5 Å². The maximum absolute atomic E-state index is 14.5. The van der Waals surface area contributed by atoms with Crippen LogP contribution in [0.3, 0.4) is 0 Å². The van der Waals surface area contributed by atoms with Gasteiger partial charge >= 0.3 is 0 Å². The average Bonchev–Trinajstić information content (AvgIpc) is 3.13. The molecule has 173 valence electrons. The predicted octanol–water partition coefficient (Wildman–Crippen LogP) is 4.89. The van der Waals surface area contributed by atoms with Gasteiger partial charge in [0.2, 0.25) is 0 Å². The van der Waals surface area contributed by atoms with Crippen molar-refractivity contribution in [3.05, 3.63) is 68.0 Å². The van der Waals surface area contributed by atoms with E-state index in [1.807, 2.05) is 24.1 Å². The molecule has 32 heavy (non-hydrogen) atoms. The maximum atomic E-state index is 14.5. The minimum atomic E-state index is -0.401. The monoisotopic (exact) mass is 689 g/mol. The quantitative estimate of drug-likeness (QED) is 0.259. The molecule has 4 rings (SSSR count). The van der Waals surface area contributed by atoms with Gasteiger partial charge < -0.3 is 16.7 Å². The fourth-order valence-corrected chi connectivity index (χ4v) is 3.66. The van der Waals surface area contributed by atoms with Crippen LogP contribution in [0.25, 0.3) is 33.2 Å². The number of benzene rings is 1. The molecule has 3 aromatic heterocycles. The molecule has 0 atom stereocenters. The number of aryl methyl sites for hydroxylation is 1. The van der Waals surface area contributed by atoms with Gasteiger partial charge in [0.25, 0.3) is 0 Å². The van der Waals surface area contributed by atoms with Gasteiger partial charge in [0, 0.05) is 35.3 Å². The number of aromatic nitrogens is 4. The molecule has 0 aliphatic rings. The van der Waals surface area contributed by atoms with Gasteiger partial charge in [-0.1, -0.05) is 18.1 Å². The molecule has 0 N–H and O–H groups in total. The number of rotatable bonds is 7. The molecule has 0 aliphatic heterocycles. The van der Waals surface area contributed by atoms with Crippen molar-refractivity contribution < 1.29 is 4.39 Å². The molecule has 0 aliphatic carbocycles. The van der Waals surface area contributed by atoms with Crippen LogP contribution in [0.4, 0.5) is 10.1 Å². The molecule has 4 aromatic rings. The Morgan fingerprint density at radius 1 is 1.25 bits per heavy atom. The SMILES string of the molecule is [CH2-]CCN(C)[CH-]CN([CH2-])c1cnc2nc(-c3cc(F)c4nn(C)cc4c3)cc(Cl)c2c1.[Es]. The topological polar surface area (TPSA) is 50.1 Å². The Labute approximate surface area is 186 Å². The fraction of sp³-hybridized carbons (Fsp3) is 0.217. The molecule has 1 aromatic carbocycles. The number of fused-ring (bicyclic) bond motifs is 2. The zero-order valence-corrected chi connectivity index (χ0v) is 21.1. The van der Waals surface area contributed by atoms with Gasteiger partial charge in [-0.25, -0.2) is 14.4 Å². The molecular formula is C23H23ClEsFN6-3. The van der Waals surface area contributed by atoms with Gasteiger partial charge in [-0.15, -0.1) is 6.54 Å². The van der Waals surface area contributed by atoms with E-state index in [9.17, 15) is 4.39 Å².